The van der Waals surface area contributed by atoms with Crippen molar-refractivity contribution in [1.82, 2.24) is 9.97 Å². The van der Waals surface area contributed by atoms with Crippen molar-refractivity contribution in [3.05, 3.63) is 76.2 Å². The van der Waals surface area contributed by atoms with E-state index in [1.165, 1.54) is 23.0 Å². The monoisotopic (exact) mass is 592 g/mol. The minimum Gasteiger partial charge on any atom is -0.493 e. The molecule has 8 heteroatoms. The van der Waals surface area contributed by atoms with Crippen LogP contribution in [0.1, 0.15) is 64.0 Å². The van der Waals surface area contributed by atoms with Crippen molar-refractivity contribution in [3.63, 3.8) is 0 Å². The van der Waals surface area contributed by atoms with Crippen LogP contribution in [-0.2, 0) is 6.42 Å². The third kappa shape index (κ3) is 9.13. The van der Waals surface area contributed by atoms with Gasteiger partial charge in [-0.1, -0.05) is 81.4 Å². The van der Waals surface area contributed by atoms with Gasteiger partial charge in [-0.15, -0.1) is 0 Å². The Hall–Kier alpha value is -3.23. The molecule has 0 bridgehead atoms. The summed E-state index contributed by atoms with van der Waals surface area (Å²) < 4.78 is 21.4. The van der Waals surface area contributed by atoms with Gasteiger partial charge in [0, 0.05) is 23.7 Å². The fourth-order valence-corrected chi connectivity index (χ4v) is 5.81. The van der Waals surface area contributed by atoms with Gasteiger partial charge in [0.25, 0.3) is 0 Å². The molecule has 2 aromatic heterocycles. The van der Waals surface area contributed by atoms with Crippen LogP contribution in [-0.4, -0.2) is 23.1 Å². The lowest BCUT2D eigenvalue weighted by Crippen LogP contribution is -2.11. The smallest absolute Gasteiger partial charge is 0.181 e. The minimum absolute atomic E-state index is 0.143. The van der Waals surface area contributed by atoms with Gasteiger partial charge in [0.2, 0.25) is 0 Å². The number of benzene rings is 2. The predicted octanol–water partition coefficient (Wildman–Crippen LogP) is 9.59. The number of nitrogen functional groups attached to an aromatic ring is 1. The average Bonchev–Trinajstić information content (AvgIpc) is 3.28. The molecule has 41 heavy (non-hydrogen) atoms. The zero-order valence-electron chi connectivity index (χ0n) is 24.5. The Morgan fingerprint density at radius 3 is 2.61 bits per heavy atom. The number of nitrogens with two attached hydrogens (primary N) is 1. The number of H-pyrrole nitrogens is 1. The van der Waals surface area contributed by atoms with Crippen molar-refractivity contribution in [2.24, 2.45) is 5.41 Å². The fraction of sp³-hybridized carbons (Fsp3) is 0.394. The molecule has 0 atom stereocenters. The summed E-state index contributed by atoms with van der Waals surface area (Å²) in [5.41, 5.74) is 11.4. The van der Waals surface area contributed by atoms with Crippen LogP contribution in [0.4, 0.5) is 15.3 Å². The second-order valence-electron chi connectivity index (χ2n) is 11.7. The van der Waals surface area contributed by atoms with Crippen LogP contribution in [0, 0.1) is 22.8 Å². The molecule has 0 saturated carbocycles. The van der Waals surface area contributed by atoms with Crippen LogP contribution in [0.3, 0.4) is 0 Å². The Bertz CT molecular complexity index is 1510. The van der Waals surface area contributed by atoms with Crippen LogP contribution in [0.15, 0.2) is 54.6 Å². The number of nitrogens with zero attached hydrogens (tertiary/aromatic N) is 1. The SMILES string of the molecule is Cc1cccc(CCCCCCNc2cccc(=S)[nH]2)c1-c1nc(N)sc1-c1cc(F)cc(OCCC(C)(C)C)c1. The van der Waals surface area contributed by atoms with E-state index in [1.54, 1.807) is 6.07 Å². The molecular formula is C33H41FN4OS2. The maximum atomic E-state index is 14.7. The van der Waals surface area contributed by atoms with Gasteiger partial charge < -0.3 is 20.8 Å². The molecule has 0 spiro atoms. The summed E-state index contributed by atoms with van der Waals surface area (Å²) in [7, 11) is 0. The number of halogens is 1. The molecule has 0 radical (unpaired) electrons. The number of aryl methyl sites for hydroxylation is 2. The number of unbranched alkanes of at least 4 members (excludes halogenated alkanes) is 3. The van der Waals surface area contributed by atoms with E-state index in [0.29, 0.717) is 17.5 Å². The average molecular weight is 593 g/mol. The van der Waals surface area contributed by atoms with E-state index in [1.807, 2.05) is 24.3 Å². The number of pyridine rings is 1. The summed E-state index contributed by atoms with van der Waals surface area (Å²) in [6.07, 6.45) is 6.25. The first-order valence-corrected chi connectivity index (χ1v) is 15.5. The molecule has 4 aromatic rings. The third-order valence-corrected chi connectivity index (χ3v) is 8.12. The predicted molar refractivity (Wildman–Crippen MR) is 174 cm³/mol. The van der Waals surface area contributed by atoms with Gasteiger partial charge in [0.05, 0.1) is 17.2 Å². The van der Waals surface area contributed by atoms with E-state index in [0.717, 1.165) is 82.8 Å². The summed E-state index contributed by atoms with van der Waals surface area (Å²) in [5.74, 6) is 1.15. The molecule has 5 nitrogen and oxygen atoms in total. The van der Waals surface area contributed by atoms with E-state index in [-0.39, 0.29) is 11.2 Å². The highest BCUT2D eigenvalue weighted by Crippen LogP contribution is 2.42. The first-order chi connectivity index (χ1) is 19.6. The number of aromatic amines is 1. The topological polar surface area (TPSA) is 76.0 Å². The highest BCUT2D eigenvalue weighted by atomic mass is 32.1. The van der Waals surface area contributed by atoms with Crippen molar-refractivity contribution in [2.75, 3.05) is 24.2 Å². The van der Waals surface area contributed by atoms with Gasteiger partial charge in [0.1, 0.15) is 22.0 Å². The van der Waals surface area contributed by atoms with Crippen LogP contribution in [0.25, 0.3) is 21.7 Å². The van der Waals surface area contributed by atoms with Gasteiger partial charge in [-0.2, -0.15) is 0 Å². The van der Waals surface area contributed by atoms with E-state index >= 15 is 0 Å². The van der Waals surface area contributed by atoms with Gasteiger partial charge in [-0.3, -0.25) is 0 Å². The molecule has 4 rings (SSSR count). The first kappa shape index (κ1) is 30.7. The molecule has 0 amide bonds. The lowest BCUT2D eigenvalue weighted by atomic mass is 9.93. The molecule has 218 valence electrons. The molecule has 0 aliphatic carbocycles. The van der Waals surface area contributed by atoms with Gasteiger partial charge in [-0.25, -0.2) is 9.37 Å². The largest absolute Gasteiger partial charge is 0.493 e. The summed E-state index contributed by atoms with van der Waals surface area (Å²) >= 11 is 6.57. The molecule has 0 aliphatic heterocycles. The summed E-state index contributed by atoms with van der Waals surface area (Å²) in [4.78, 5) is 8.77. The van der Waals surface area contributed by atoms with Crippen LogP contribution in [0.2, 0.25) is 0 Å². The molecule has 0 fully saturated rings. The van der Waals surface area contributed by atoms with E-state index in [2.05, 4.69) is 56.2 Å². The maximum absolute atomic E-state index is 14.7. The quantitative estimate of drug-likeness (QED) is 0.106. The van der Waals surface area contributed by atoms with E-state index in [4.69, 9.17) is 27.7 Å². The second-order valence-corrected chi connectivity index (χ2v) is 13.2. The normalized spacial score (nSPS) is 11.5. The first-order valence-electron chi connectivity index (χ1n) is 14.3. The Labute approximate surface area is 252 Å². The molecule has 0 saturated heterocycles. The highest BCUT2D eigenvalue weighted by molar-refractivity contribution is 7.71. The molecule has 2 heterocycles. The van der Waals surface area contributed by atoms with Crippen molar-refractivity contribution in [1.29, 1.82) is 0 Å². The van der Waals surface area contributed by atoms with E-state index < -0.39 is 0 Å². The molecule has 0 unspecified atom stereocenters. The number of rotatable bonds is 13. The van der Waals surface area contributed by atoms with Crippen molar-refractivity contribution in [3.8, 4) is 27.4 Å². The van der Waals surface area contributed by atoms with Crippen LogP contribution >= 0.6 is 23.6 Å². The Balaban J connectivity index is 1.44. The second kappa shape index (κ2) is 14.1. The minimum atomic E-state index is -0.333. The number of ether oxygens (including phenoxy) is 1. The zero-order chi connectivity index (χ0) is 29.4. The lowest BCUT2D eigenvalue weighted by molar-refractivity contribution is 0.242. The molecule has 0 aliphatic rings. The Morgan fingerprint density at radius 2 is 1.83 bits per heavy atom. The number of anilines is 2. The third-order valence-electron chi connectivity index (χ3n) is 6.95. The van der Waals surface area contributed by atoms with Gasteiger partial charge in [0.15, 0.2) is 5.13 Å². The van der Waals surface area contributed by atoms with Crippen molar-refractivity contribution >= 4 is 34.5 Å². The number of aromatic nitrogens is 2. The number of hydrogen-bond donors (Lipinski definition) is 3. The van der Waals surface area contributed by atoms with Crippen LogP contribution in [0.5, 0.6) is 5.75 Å². The molecule has 4 N–H and O–H groups in total. The Kier molecular flexibility index (Phi) is 10.6. The van der Waals surface area contributed by atoms with Crippen molar-refractivity contribution < 1.29 is 9.13 Å². The maximum Gasteiger partial charge on any atom is 0.181 e. The Morgan fingerprint density at radius 1 is 1.05 bits per heavy atom. The van der Waals surface area contributed by atoms with Gasteiger partial charge in [-0.05, 0) is 73.4 Å². The molecular weight excluding hydrogens is 552 g/mol. The zero-order valence-corrected chi connectivity index (χ0v) is 26.1. The highest BCUT2D eigenvalue weighted by Gasteiger charge is 2.20. The standard InChI is InChI=1S/C33H41FN4OS2/c1-22-11-9-13-23(12-7-5-6-8-17-36-27-14-10-15-28(40)37-27)29(22)30-31(41-32(35)38-30)24-19-25(34)21-26(20-24)39-18-16-33(2,3)4/h9-11,13-15,19-21H,5-8,12,16-18H2,1-4H3,(H2,35,38)(H2,36,37,40). The van der Waals surface area contributed by atoms with Gasteiger partial charge >= 0.3 is 0 Å². The van der Waals surface area contributed by atoms with Crippen LogP contribution < -0.4 is 15.8 Å². The lowest BCUT2D eigenvalue weighted by Gasteiger charge is -2.18. The number of thiazole rings is 1. The fourth-order valence-electron chi connectivity index (χ4n) is 4.80. The number of nitrogens with one attached hydrogen (secondary N) is 2. The summed E-state index contributed by atoms with van der Waals surface area (Å²) in [6, 6.07) is 17.1. The number of hydrogen-bond acceptors (Lipinski definition) is 6. The van der Waals surface area contributed by atoms with Crippen molar-refractivity contribution in [2.45, 2.75) is 66.2 Å². The summed E-state index contributed by atoms with van der Waals surface area (Å²) in [5, 5.41) is 3.87. The van der Waals surface area contributed by atoms with E-state index in [9.17, 15) is 4.39 Å². The molecule has 2 aromatic carbocycles. The summed E-state index contributed by atoms with van der Waals surface area (Å²) in [6.45, 7) is 10.0.